The Kier molecular flexibility index (Phi) is 14.2. The Labute approximate surface area is 262 Å². The average molecular weight is 772 g/mol. The van der Waals surface area contributed by atoms with Gasteiger partial charge in [-0.15, -0.1) is 6.58 Å². The number of benzene rings is 2. The van der Waals surface area contributed by atoms with Crippen LogP contribution in [0.25, 0.3) is 0 Å². The van der Waals surface area contributed by atoms with E-state index in [4.69, 9.17) is 63.9 Å². The Morgan fingerprint density at radius 2 is 1.56 bits per heavy atom. The molecule has 3 rings (SSSR count). The second-order valence-corrected chi connectivity index (χ2v) is 10.1. The Balaban J connectivity index is 0.00000456. The van der Waals surface area contributed by atoms with E-state index < -0.39 is 40.4 Å². The van der Waals surface area contributed by atoms with E-state index in [0.29, 0.717) is 6.61 Å². The van der Waals surface area contributed by atoms with Crippen LogP contribution in [0, 0.1) is 49.5 Å². The van der Waals surface area contributed by atoms with Crippen LogP contribution in [0.5, 0.6) is 0 Å². The Hall–Kier alpha value is -0.238. The molecule has 1 saturated heterocycles. The van der Waals surface area contributed by atoms with Gasteiger partial charge in [-0.05, 0) is 11.1 Å². The summed E-state index contributed by atoms with van der Waals surface area (Å²) in [6.07, 6.45) is -3.51. The van der Waals surface area contributed by atoms with Crippen molar-refractivity contribution in [2.45, 2.75) is 47.7 Å². The molecule has 2 aromatic rings. The average Bonchev–Trinajstić information content (AvgIpc) is 2.84. The van der Waals surface area contributed by atoms with Crippen molar-refractivity contribution < 1.29 is 72.9 Å². The summed E-state index contributed by atoms with van der Waals surface area (Å²) in [5.74, 6) is -0.693. The maximum Gasteiger partial charge on any atom is 0.265 e. The number of aliphatic hydroxyl groups is 1. The summed E-state index contributed by atoms with van der Waals surface area (Å²) < 4.78 is 27.2. The second-order valence-electron chi connectivity index (χ2n) is 7.83. The molecule has 1 fully saturated rings. The predicted molar refractivity (Wildman–Crippen MR) is 135 cm³/mol. The third kappa shape index (κ3) is 9.82. The molecule has 2 N–H and O–H groups in total. The maximum atomic E-state index is 11.0. The fourth-order valence-corrected chi connectivity index (χ4v) is 3.65. The molecule has 1 heterocycles. The number of ether oxygens (including phenoxy) is 5. The third-order valence-corrected chi connectivity index (χ3v) is 5.71. The molecule has 1 aliphatic rings. The molecule has 1 radical (unpaired) electrons. The van der Waals surface area contributed by atoms with Crippen molar-refractivity contribution in [2.24, 2.45) is 0 Å². The minimum atomic E-state index is -2.12. The van der Waals surface area contributed by atoms with Crippen molar-refractivity contribution in [1.29, 1.82) is 5.41 Å². The first-order valence-corrected chi connectivity index (χ1v) is 12.1. The molecule has 7 nitrogen and oxygen atoms in total. The van der Waals surface area contributed by atoms with Crippen molar-refractivity contribution in [3.8, 4) is 0 Å². The van der Waals surface area contributed by atoms with Crippen LogP contribution < -0.4 is 0 Å². The summed E-state index contributed by atoms with van der Waals surface area (Å²) in [7, 11) is 0. The first-order chi connectivity index (χ1) is 16.8. The van der Waals surface area contributed by atoms with Crippen molar-refractivity contribution in [1.82, 2.24) is 0 Å². The summed E-state index contributed by atoms with van der Waals surface area (Å²) in [6, 6.07) is 19.2. The van der Waals surface area contributed by atoms with E-state index in [1.807, 2.05) is 60.7 Å². The Morgan fingerprint density at radius 3 is 2.11 bits per heavy atom. The minimum absolute atomic E-state index is 0. The number of rotatable bonds is 11. The van der Waals surface area contributed by atoms with E-state index in [-0.39, 0.29) is 63.9 Å². The van der Waals surface area contributed by atoms with Gasteiger partial charge in [-0.2, -0.15) is 0 Å². The molecule has 11 heteroatoms. The predicted octanol–water partition coefficient (Wildman–Crippen LogP) is 4.81. The van der Waals surface area contributed by atoms with Gasteiger partial charge in [0.15, 0.2) is 0 Å². The first kappa shape index (κ1) is 32.0. The van der Waals surface area contributed by atoms with Crippen LogP contribution in [-0.2, 0) is 36.9 Å². The van der Waals surface area contributed by atoms with E-state index in [2.05, 4.69) is 6.58 Å². The van der Waals surface area contributed by atoms with E-state index in [1.165, 1.54) is 0 Å². The maximum absolute atomic E-state index is 11.0. The number of alkyl halides is 3. The van der Waals surface area contributed by atoms with E-state index in [1.54, 1.807) is 6.08 Å². The normalized spacial score (nSPS) is 23.9. The zero-order valence-electron chi connectivity index (χ0n) is 19.5. The number of nitrogens with one attached hydrogen (secondary N) is 1. The van der Waals surface area contributed by atoms with Gasteiger partial charge in [0, 0.05) is 44.1 Å². The van der Waals surface area contributed by atoms with Crippen LogP contribution in [-0.4, -0.2) is 58.7 Å². The molecule has 1 aliphatic heterocycles. The van der Waals surface area contributed by atoms with Gasteiger partial charge in [0.1, 0.15) is 24.4 Å². The molecule has 2 unspecified atom stereocenters. The van der Waals surface area contributed by atoms with Gasteiger partial charge >= 0.3 is 0 Å². The number of halogens is 3. The van der Waals surface area contributed by atoms with Crippen LogP contribution in [0.4, 0.5) is 0 Å². The number of hydrogen-bond donors (Lipinski definition) is 2. The molecule has 0 saturated carbocycles. The van der Waals surface area contributed by atoms with Crippen molar-refractivity contribution in [2.75, 3.05) is 13.2 Å². The summed E-state index contributed by atoms with van der Waals surface area (Å²) >= 11 is 17.3. The van der Waals surface area contributed by atoms with Gasteiger partial charge in [0.25, 0.3) is 3.79 Å². The molecule has 36 heavy (non-hydrogen) atoms. The molecule has 5 atom stereocenters. The van der Waals surface area contributed by atoms with Crippen LogP contribution in [0.1, 0.15) is 11.1 Å². The number of aliphatic hydroxyl groups excluding tert-OH is 1. The van der Waals surface area contributed by atoms with Crippen molar-refractivity contribution in [3.63, 3.8) is 0 Å². The fourth-order valence-electron chi connectivity index (χ4n) is 3.51. The molecule has 0 amide bonds. The zero-order chi connectivity index (χ0) is 25.3. The zero-order valence-corrected chi connectivity index (χ0v) is 26.5. The van der Waals surface area contributed by atoms with Gasteiger partial charge in [-0.3, -0.25) is 5.41 Å². The summed E-state index contributed by atoms with van der Waals surface area (Å²) in [6.45, 7) is 4.49. The second kappa shape index (κ2) is 16.0. The monoisotopic (exact) mass is 770 g/mol. The molecule has 0 aromatic heterocycles. The van der Waals surface area contributed by atoms with Gasteiger partial charge in [0.2, 0.25) is 12.2 Å². The summed E-state index contributed by atoms with van der Waals surface area (Å²) in [5.41, 5.74) is 1.92. The van der Waals surface area contributed by atoms with E-state index in [9.17, 15) is 5.11 Å². The molecule has 0 bridgehead atoms. The smallest absolute Gasteiger partial charge is 0.265 e. The largest absolute Gasteiger partial charge is 0.445 e. The minimum Gasteiger partial charge on any atom is -0.445 e. The summed E-state index contributed by atoms with van der Waals surface area (Å²) in [4.78, 5) is 0. The Morgan fingerprint density at radius 1 is 0.972 bits per heavy atom. The Bertz CT molecular complexity index is 934. The third-order valence-electron chi connectivity index (χ3n) is 5.19. The van der Waals surface area contributed by atoms with Gasteiger partial charge in [-0.25, -0.2) is 0 Å². The number of hydrogen-bond acceptors (Lipinski definition) is 7. The molecular weight excluding hydrogens is 744 g/mol. The van der Waals surface area contributed by atoms with Gasteiger partial charge in [0.05, 0.1) is 26.4 Å². The van der Waals surface area contributed by atoms with Crippen molar-refractivity contribution >= 4 is 40.7 Å². The first-order valence-electron chi connectivity index (χ1n) is 10.9. The molecular formula is C25H28AcCl3NO6. The van der Waals surface area contributed by atoms with E-state index in [0.717, 1.165) is 11.1 Å². The van der Waals surface area contributed by atoms with Crippen LogP contribution in [0.2, 0.25) is 0 Å². The molecule has 0 spiro atoms. The standard InChI is InChI=1S/C25H28Cl3NO6.Ac/c1-2-13-32-22-20(30)23(35-24(29)25(26,27)28)34-19(16-31-14-17-9-5-3-6-10-17)21(22)33-15-18-11-7-4-8-12-18;/h2-12,19-23,29-30H,1,13-16H2;/t19?,20?,21-,22-,23-;/m1./s1. The molecule has 2 aromatic carbocycles. The van der Waals surface area contributed by atoms with Gasteiger partial charge < -0.3 is 28.8 Å². The fraction of sp³-hybridized carbons (Fsp3) is 0.400. The quantitative estimate of drug-likeness (QED) is 0.148. The van der Waals surface area contributed by atoms with Gasteiger partial charge in [-0.1, -0.05) is 102 Å². The SMILES string of the molecule is C=CCO[C@@H]1C(O)[C@@H](OC(=N)C(Cl)(Cl)Cl)OC(COCc2ccccc2)[C@H]1OCc1ccccc1.[Ac]. The molecule has 0 aliphatic carbocycles. The van der Waals surface area contributed by atoms with Crippen LogP contribution >= 0.6 is 34.8 Å². The summed E-state index contributed by atoms with van der Waals surface area (Å²) in [5, 5.41) is 18.9. The van der Waals surface area contributed by atoms with Crippen LogP contribution in [0.15, 0.2) is 73.3 Å². The van der Waals surface area contributed by atoms with Crippen molar-refractivity contribution in [3.05, 3.63) is 84.4 Å². The topological polar surface area (TPSA) is 90.2 Å². The van der Waals surface area contributed by atoms with E-state index >= 15 is 0 Å². The molecule has 193 valence electrons. The van der Waals surface area contributed by atoms with Crippen LogP contribution in [0.3, 0.4) is 0 Å².